The van der Waals surface area contributed by atoms with Gasteiger partial charge in [0.05, 0.1) is 13.2 Å². The molecule has 2 unspecified atom stereocenters. The van der Waals surface area contributed by atoms with Gasteiger partial charge in [0.25, 0.3) is 0 Å². The van der Waals surface area contributed by atoms with Crippen molar-refractivity contribution in [1.29, 1.82) is 0 Å². The maximum absolute atomic E-state index is 10.5. The predicted molar refractivity (Wildman–Crippen MR) is 124 cm³/mol. The van der Waals surface area contributed by atoms with Crippen molar-refractivity contribution in [3.8, 4) is 11.5 Å². The number of benzene rings is 3. The average molecular weight is 465 g/mol. The first kappa shape index (κ1) is 20.5. The molecule has 0 fully saturated rings. The zero-order valence-corrected chi connectivity index (χ0v) is 18.6. The third-order valence-electron chi connectivity index (χ3n) is 5.43. The number of phenolic OH excluding ortho intramolecular Hbond substituents is 1. The molecule has 0 saturated heterocycles. The van der Waals surface area contributed by atoms with Gasteiger partial charge in [-0.3, -0.25) is 5.32 Å². The van der Waals surface area contributed by atoms with E-state index in [1.807, 2.05) is 36.4 Å². The molecule has 0 aromatic heterocycles. The van der Waals surface area contributed by atoms with Gasteiger partial charge in [-0.2, -0.15) is 0 Å². The van der Waals surface area contributed by atoms with Crippen molar-refractivity contribution in [1.82, 2.24) is 10.6 Å². The van der Waals surface area contributed by atoms with Crippen LogP contribution in [0.3, 0.4) is 0 Å². The van der Waals surface area contributed by atoms with Gasteiger partial charge in [-0.15, -0.1) is 0 Å². The van der Waals surface area contributed by atoms with Crippen molar-refractivity contribution in [2.45, 2.75) is 25.6 Å². The molecule has 154 valence electrons. The number of para-hydroxylation sites is 1. The second-order valence-corrected chi connectivity index (χ2v) is 8.21. The molecule has 0 saturated carbocycles. The third kappa shape index (κ3) is 4.23. The number of halogens is 1. The Morgan fingerprint density at radius 1 is 1.00 bits per heavy atom. The topological polar surface area (TPSA) is 53.5 Å². The van der Waals surface area contributed by atoms with E-state index in [1.165, 1.54) is 5.56 Å². The highest BCUT2D eigenvalue weighted by atomic mass is 79.9. The molecular formula is C25H25BrN2O2. The number of methoxy groups -OCH3 is 1. The summed E-state index contributed by atoms with van der Waals surface area (Å²) in [5, 5.41) is 17.7. The van der Waals surface area contributed by atoms with E-state index in [9.17, 15) is 5.11 Å². The molecule has 0 bridgehead atoms. The van der Waals surface area contributed by atoms with E-state index in [2.05, 4.69) is 63.8 Å². The summed E-state index contributed by atoms with van der Waals surface area (Å²) in [5.74, 6) is 1.07. The van der Waals surface area contributed by atoms with Gasteiger partial charge in [-0.1, -0.05) is 65.3 Å². The fourth-order valence-electron chi connectivity index (χ4n) is 3.77. The van der Waals surface area contributed by atoms with Crippen molar-refractivity contribution in [3.05, 3.63) is 99.5 Å². The van der Waals surface area contributed by atoms with Crippen molar-refractivity contribution < 1.29 is 9.84 Å². The first-order valence-corrected chi connectivity index (χ1v) is 10.8. The molecule has 0 amide bonds. The van der Waals surface area contributed by atoms with Crippen LogP contribution in [-0.2, 0) is 6.42 Å². The van der Waals surface area contributed by atoms with E-state index in [-0.39, 0.29) is 18.0 Å². The van der Waals surface area contributed by atoms with Crippen LogP contribution < -0.4 is 15.4 Å². The van der Waals surface area contributed by atoms with Crippen LogP contribution in [0.25, 0.3) is 5.70 Å². The number of hydrogen-bond donors (Lipinski definition) is 3. The average Bonchev–Trinajstić information content (AvgIpc) is 2.80. The maximum atomic E-state index is 10.5. The van der Waals surface area contributed by atoms with Crippen LogP contribution in [0.15, 0.2) is 77.3 Å². The number of nitrogens with one attached hydrogen (secondary N) is 2. The molecule has 3 aromatic carbocycles. The van der Waals surface area contributed by atoms with E-state index in [4.69, 9.17) is 4.74 Å². The van der Waals surface area contributed by atoms with Crippen molar-refractivity contribution in [2.75, 3.05) is 7.11 Å². The SMILES string of the molecule is CCc1ccc(C2=CC(c3cc(Br)ccc3O)NC(c3ccccc3OC)N2)cc1. The highest BCUT2D eigenvalue weighted by Crippen LogP contribution is 2.36. The van der Waals surface area contributed by atoms with Gasteiger partial charge in [-0.25, -0.2) is 0 Å². The Hall–Kier alpha value is -2.76. The summed E-state index contributed by atoms with van der Waals surface area (Å²) in [6.45, 7) is 2.15. The summed E-state index contributed by atoms with van der Waals surface area (Å²) in [5.41, 5.74) is 5.24. The molecule has 3 aromatic rings. The Morgan fingerprint density at radius 3 is 2.50 bits per heavy atom. The van der Waals surface area contributed by atoms with Gasteiger partial charge in [0.1, 0.15) is 17.7 Å². The van der Waals surface area contributed by atoms with Gasteiger partial charge in [0.15, 0.2) is 0 Å². The van der Waals surface area contributed by atoms with Crippen LogP contribution in [0, 0.1) is 0 Å². The molecule has 4 nitrogen and oxygen atoms in total. The number of aryl methyl sites for hydroxylation is 1. The molecule has 2 atom stereocenters. The predicted octanol–water partition coefficient (Wildman–Crippen LogP) is 5.70. The van der Waals surface area contributed by atoms with Gasteiger partial charge in [0, 0.05) is 21.3 Å². The highest BCUT2D eigenvalue weighted by Gasteiger charge is 2.27. The molecule has 0 radical (unpaired) electrons. The smallest absolute Gasteiger partial charge is 0.125 e. The van der Waals surface area contributed by atoms with E-state index in [1.54, 1.807) is 13.2 Å². The third-order valence-corrected chi connectivity index (χ3v) is 5.92. The number of hydrogen-bond acceptors (Lipinski definition) is 4. The Labute approximate surface area is 185 Å². The van der Waals surface area contributed by atoms with Crippen molar-refractivity contribution in [2.24, 2.45) is 0 Å². The Morgan fingerprint density at radius 2 is 1.77 bits per heavy atom. The molecule has 5 heteroatoms. The van der Waals surface area contributed by atoms with E-state index >= 15 is 0 Å². The van der Waals surface area contributed by atoms with Crippen LogP contribution >= 0.6 is 15.9 Å². The Bertz CT molecular complexity index is 1060. The minimum absolute atomic E-state index is 0.181. The minimum atomic E-state index is -0.185. The lowest BCUT2D eigenvalue weighted by Gasteiger charge is -2.34. The van der Waals surface area contributed by atoms with Crippen LogP contribution in [-0.4, -0.2) is 12.2 Å². The zero-order valence-electron chi connectivity index (χ0n) is 17.0. The van der Waals surface area contributed by atoms with Gasteiger partial charge < -0.3 is 15.2 Å². The molecular weight excluding hydrogens is 440 g/mol. The first-order valence-electron chi connectivity index (χ1n) is 10.0. The largest absolute Gasteiger partial charge is 0.508 e. The standard InChI is InChI=1S/C25H25BrN2O2/c1-3-16-8-10-17(11-9-16)21-15-22(20-14-18(26)12-13-23(20)29)28-25(27-21)19-6-4-5-7-24(19)30-2/h4-15,22,25,27-29H,3H2,1-2H3. The number of ether oxygens (including phenoxy) is 1. The molecule has 1 aliphatic rings. The van der Waals surface area contributed by atoms with Gasteiger partial charge >= 0.3 is 0 Å². The summed E-state index contributed by atoms with van der Waals surface area (Å²) in [7, 11) is 1.68. The molecule has 0 spiro atoms. The normalized spacial score (nSPS) is 18.4. The van der Waals surface area contributed by atoms with Gasteiger partial charge in [-0.05, 0) is 47.9 Å². The lowest BCUT2D eigenvalue weighted by molar-refractivity contribution is 0.379. The molecule has 30 heavy (non-hydrogen) atoms. The number of rotatable bonds is 5. The highest BCUT2D eigenvalue weighted by molar-refractivity contribution is 9.10. The summed E-state index contributed by atoms with van der Waals surface area (Å²) in [6, 6.07) is 21.9. The van der Waals surface area contributed by atoms with Crippen LogP contribution in [0.1, 0.15) is 41.4 Å². The minimum Gasteiger partial charge on any atom is -0.508 e. The second-order valence-electron chi connectivity index (χ2n) is 7.30. The number of aromatic hydroxyl groups is 1. The maximum Gasteiger partial charge on any atom is 0.125 e. The fraction of sp³-hybridized carbons (Fsp3) is 0.200. The summed E-state index contributed by atoms with van der Waals surface area (Å²) in [4.78, 5) is 0. The molecule has 3 N–H and O–H groups in total. The second kappa shape index (κ2) is 8.94. The molecule has 0 aliphatic carbocycles. The summed E-state index contributed by atoms with van der Waals surface area (Å²) < 4.78 is 6.52. The van der Waals surface area contributed by atoms with E-state index in [0.717, 1.165) is 39.0 Å². The molecule has 1 aliphatic heterocycles. The summed E-state index contributed by atoms with van der Waals surface area (Å²) >= 11 is 3.53. The quantitative estimate of drug-likeness (QED) is 0.453. The lowest BCUT2D eigenvalue weighted by atomic mass is 9.97. The first-order chi connectivity index (χ1) is 14.6. The van der Waals surface area contributed by atoms with E-state index < -0.39 is 0 Å². The lowest BCUT2D eigenvalue weighted by Crippen LogP contribution is -2.39. The molecule has 1 heterocycles. The van der Waals surface area contributed by atoms with Crippen LogP contribution in [0.5, 0.6) is 11.5 Å². The van der Waals surface area contributed by atoms with Crippen molar-refractivity contribution in [3.63, 3.8) is 0 Å². The monoisotopic (exact) mass is 464 g/mol. The molecule has 4 rings (SSSR count). The van der Waals surface area contributed by atoms with Crippen LogP contribution in [0.2, 0.25) is 0 Å². The Kier molecular flexibility index (Phi) is 6.11. The van der Waals surface area contributed by atoms with Gasteiger partial charge in [0.2, 0.25) is 0 Å². The summed E-state index contributed by atoms with van der Waals surface area (Å²) in [6.07, 6.45) is 2.94. The Balaban J connectivity index is 1.78. The van der Waals surface area contributed by atoms with Crippen LogP contribution in [0.4, 0.5) is 0 Å². The fourth-order valence-corrected chi connectivity index (χ4v) is 4.14. The number of phenols is 1. The zero-order chi connectivity index (χ0) is 21.1. The van der Waals surface area contributed by atoms with Crippen molar-refractivity contribution >= 4 is 21.6 Å². The van der Waals surface area contributed by atoms with E-state index in [0.29, 0.717) is 0 Å².